The van der Waals surface area contributed by atoms with Gasteiger partial charge in [-0.1, -0.05) is 64.5 Å². The molecule has 2 atom stereocenters. The summed E-state index contributed by atoms with van der Waals surface area (Å²) < 4.78 is 1.04. The molecular formula is C22H25BrN2O. The van der Waals surface area contributed by atoms with Crippen LogP contribution >= 0.6 is 15.9 Å². The van der Waals surface area contributed by atoms with E-state index in [-0.39, 0.29) is 17.6 Å². The Morgan fingerprint density at radius 1 is 1.23 bits per heavy atom. The normalized spacial score (nSPS) is 21.6. The van der Waals surface area contributed by atoms with Crippen LogP contribution in [0.15, 0.2) is 71.7 Å². The number of carbonyl (C=O) groups excluding carboxylic acids is 1. The van der Waals surface area contributed by atoms with E-state index in [1.807, 2.05) is 41.3 Å². The second-order valence-electron chi connectivity index (χ2n) is 6.90. The van der Waals surface area contributed by atoms with Gasteiger partial charge in [0, 0.05) is 11.0 Å². The van der Waals surface area contributed by atoms with Crippen molar-refractivity contribution in [3.8, 4) is 0 Å². The quantitative estimate of drug-likeness (QED) is 0.619. The lowest BCUT2D eigenvalue weighted by molar-refractivity contribution is 0.178. The van der Waals surface area contributed by atoms with Crippen molar-refractivity contribution in [3.63, 3.8) is 0 Å². The number of benzene rings is 2. The molecule has 1 heterocycles. The van der Waals surface area contributed by atoms with E-state index in [0.29, 0.717) is 0 Å². The molecule has 0 radical (unpaired) electrons. The van der Waals surface area contributed by atoms with Crippen LogP contribution in [0.3, 0.4) is 0 Å². The maximum Gasteiger partial charge on any atom is 0.318 e. The number of carbonyl (C=O) groups is 1. The van der Waals surface area contributed by atoms with Crippen LogP contribution < -0.4 is 5.32 Å². The van der Waals surface area contributed by atoms with Crippen molar-refractivity contribution < 1.29 is 4.79 Å². The second-order valence-corrected chi connectivity index (χ2v) is 7.81. The highest BCUT2D eigenvalue weighted by Gasteiger charge is 2.37. The molecule has 1 unspecified atom stereocenters. The maximum absolute atomic E-state index is 13.1. The molecule has 0 saturated carbocycles. The van der Waals surface area contributed by atoms with Gasteiger partial charge >= 0.3 is 6.03 Å². The van der Waals surface area contributed by atoms with Crippen LogP contribution in [-0.2, 0) is 5.54 Å². The summed E-state index contributed by atoms with van der Waals surface area (Å²) >= 11 is 3.47. The summed E-state index contributed by atoms with van der Waals surface area (Å²) in [6.45, 7) is 6.76. The predicted octanol–water partition coefficient (Wildman–Crippen LogP) is 5.79. The Hall–Kier alpha value is -2.07. The molecule has 2 aromatic carbocycles. The number of amides is 2. The van der Waals surface area contributed by atoms with Gasteiger partial charge in [-0.15, -0.1) is 6.58 Å². The lowest BCUT2D eigenvalue weighted by atomic mass is 9.83. The van der Waals surface area contributed by atoms with Gasteiger partial charge < -0.3 is 10.2 Å². The SMILES string of the molecule is C=CCC1(c2ccccc2)CCCN([C@@H](C)c2ccc(Br)cc2)C(=O)N1. The van der Waals surface area contributed by atoms with Crippen LogP contribution in [-0.4, -0.2) is 17.5 Å². The molecule has 2 aromatic rings. The number of halogens is 1. The summed E-state index contributed by atoms with van der Waals surface area (Å²) in [5.74, 6) is 0. The Morgan fingerprint density at radius 3 is 2.58 bits per heavy atom. The Kier molecular flexibility index (Phi) is 5.82. The molecule has 0 bridgehead atoms. The summed E-state index contributed by atoms with van der Waals surface area (Å²) in [5, 5.41) is 3.33. The van der Waals surface area contributed by atoms with Crippen molar-refractivity contribution in [3.05, 3.63) is 82.9 Å². The minimum absolute atomic E-state index is 0.0105. The summed E-state index contributed by atoms with van der Waals surface area (Å²) in [7, 11) is 0. The van der Waals surface area contributed by atoms with Gasteiger partial charge in [0.05, 0.1) is 11.6 Å². The highest BCUT2D eigenvalue weighted by Crippen LogP contribution is 2.35. The zero-order chi connectivity index (χ0) is 18.6. The van der Waals surface area contributed by atoms with E-state index in [0.717, 1.165) is 41.4 Å². The van der Waals surface area contributed by atoms with Crippen LogP contribution in [0.5, 0.6) is 0 Å². The third-order valence-electron chi connectivity index (χ3n) is 5.25. The first kappa shape index (κ1) is 18.7. The average Bonchev–Trinajstić information content (AvgIpc) is 2.82. The number of hydrogen-bond donors (Lipinski definition) is 1. The molecule has 1 saturated heterocycles. The van der Waals surface area contributed by atoms with Crippen LogP contribution in [0.2, 0.25) is 0 Å². The Labute approximate surface area is 164 Å². The van der Waals surface area contributed by atoms with Gasteiger partial charge in [-0.05, 0) is 49.4 Å². The fraction of sp³-hybridized carbons (Fsp3) is 0.318. The molecule has 4 heteroatoms. The third kappa shape index (κ3) is 3.85. The second kappa shape index (κ2) is 8.09. The van der Waals surface area contributed by atoms with Gasteiger partial charge in [-0.2, -0.15) is 0 Å². The number of nitrogens with zero attached hydrogens (tertiary/aromatic N) is 1. The number of rotatable bonds is 5. The first-order chi connectivity index (χ1) is 12.6. The van der Waals surface area contributed by atoms with E-state index in [1.54, 1.807) is 0 Å². The van der Waals surface area contributed by atoms with Gasteiger partial charge in [-0.3, -0.25) is 0 Å². The largest absolute Gasteiger partial charge is 0.328 e. The molecule has 2 amide bonds. The fourth-order valence-corrected chi connectivity index (χ4v) is 4.04. The number of urea groups is 1. The molecule has 1 aliphatic heterocycles. The van der Waals surface area contributed by atoms with E-state index in [4.69, 9.17) is 0 Å². The fourth-order valence-electron chi connectivity index (χ4n) is 3.77. The topological polar surface area (TPSA) is 32.3 Å². The minimum atomic E-state index is -0.381. The Morgan fingerprint density at radius 2 is 1.92 bits per heavy atom. The molecule has 1 fully saturated rings. The van der Waals surface area contributed by atoms with Crippen LogP contribution in [0.25, 0.3) is 0 Å². The van der Waals surface area contributed by atoms with Crippen molar-refractivity contribution in [1.82, 2.24) is 10.2 Å². The minimum Gasteiger partial charge on any atom is -0.328 e. The van der Waals surface area contributed by atoms with E-state index < -0.39 is 0 Å². The molecule has 0 aromatic heterocycles. The molecule has 3 rings (SSSR count). The molecule has 26 heavy (non-hydrogen) atoms. The van der Waals surface area contributed by atoms with E-state index in [2.05, 4.69) is 59.0 Å². The first-order valence-corrected chi connectivity index (χ1v) is 9.86. The van der Waals surface area contributed by atoms with Crippen LogP contribution in [0.4, 0.5) is 4.79 Å². The van der Waals surface area contributed by atoms with Crippen molar-refractivity contribution in [1.29, 1.82) is 0 Å². The van der Waals surface area contributed by atoms with E-state index in [9.17, 15) is 4.79 Å². The standard InChI is InChI=1S/C22H25BrN2O/c1-3-14-22(19-8-5-4-6-9-19)15-7-16-25(21(26)24-22)17(2)18-10-12-20(23)13-11-18/h3-6,8-13,17H,1,7,14-16H2,2H3,(H,24,26)/t17-,22?/m0/s1. The van der Waals surface area contributed by atoms with Gasteiger partial charge in [0.25, 0.3) is 0 Å². The van der Waals surface area contributed by atoms with E-state index in [1.165, 1.54) is 0 Å². The Balaban J connectivity index is 1.87. The predicted molar refractivity (Wildman–Crippen MR) is 110 cm³/mol. The molecule has 0 aliphatic carbocycles. The van der Waals surface area contributed by atoms with E-state index >= 15 is 0 Å². The molecule has 136 valence electrons. The molecule has 3 nitrogen and oxygen atoms in total. The highest BCUT2D eigenvalue weighted by molar-refractivity contribution is 9.10. The van der Waals surface area contributed by atoms with Crippen LogP contribution in [0.1, 0.15) is 43.4 Å². The smallest absolute Gasteiger partial charge is 0.318 e. The number of hydrogen-bond acceptors (Lipinski definition) is 1. The van der Waals surface area contributed by atoms with Crippen molar-refractivity contribution in [2.24, 2.45) is 0 Å². The molecular weight excluding hydrogens is 388 g/mol. The summed E-state index contributed by atoms with van der Waals surface area (Å²) in [6, 6.07) is 18.4. The third-order valence-corrected chi connectivity index (χ3v) is 5.78. The number of nitrogens with one attached hydrogen (secondary N) is 1. The zero-order valence-corrected chi connectivity index (χ0v) is 16.7. The monoisotopic (exact) mass is 412 g/mol. The lowest BCUT2D eigenvalue weighted by Gasteiger charge is -2.34. The van der Waals surface area contributed by atoms with Gasteiger partial charge in [0.1, 0.15) is 0 Å². The summed E-state index contributed by atoms with van der Waals surface area (Å²) in [5.41, 5.74) is 1.90. The maximum atomic E-state index is 13.1. The lowest BCUT2D eigenvalue weighted by Crippen LogP contribution is -2.49. The highest BCUT2D eigenvalue weighted by atomic mass is 79.9. The average molecular weight is 413 g/mol. The zero-order valence-electron chi connectivity index (χ0n) is 15.1. The first-order valence-electron chi connectivity index (χ1n) is 9.06. The summed E-state index contributed by atoms with van der Waals surface area (Å²) in [4.78, 5) is 15.1. The van der Waals surface area contributed by atoms with Crippen LogP contribution in [0, 0.1) is 0 Å². The molecule has 1 N–H and O–H groups in total. The molecule has 0 spiro atoms. The van der Waals surface area contributed by atoms with Gasteiger partial charge in [0.15, 0.2) is 0 Å². The van der Waals surface area contributed by atoms with Gasteiger partial charge in [-0.25, -0.2) is 4.79 Å². The Bertz CT molecular complexity index is 759. The van der Waals surface area contributed by atoms with Crippen molar-refractivity contribution in [2.45, 2.75) is 37.8 Å². The van der Waals surface area contributed by atoms with Crippen molar-refractivity contribution >= 4 is 22.0 Å². The summed E-state index contributed by atoms with van der Waals surface area (Å²) in [6.07, 6.45) is 4.48. The van der Waals surface area contributed by atoms with Crippen molar-refractivity contribution in [2.75, 3.05) is 6.54 Å². The van der Waals surface area contributed by atoms with Gasteiger partial charge in [0.2, 0.25) is 0 Å². The molecule has 1 aliphatic rings.